The Hall–Kier alpha value is -2.88. The molecular formula is C16H12N2O2. The Bertz CT molecular complexity index is 812. The molecule has 0 saturated carbocycles. The fourth-order valence-corrected chi connectivity index (χ4v) is 2.19. The molecule has 0 saturated heterocycles. The van der Waals surface area contributed by atoms with Crippen molar-refractivity contribution in [3.05, 3.63) is 65.9 Å². The molecule has 0 amide bonds. The molecule has 2 aromatic carbocycles. The summed E-state index contributed by atoms with van der Waals surface area (Å²) in [6.07, 6.45) is 1.58. The van der Waals surface area contributed by atoms with Gasteiger partial charge in [0.15, 0.2) is 5.78 Å². The number of anilines is 1. The van der Waals surface area contributed by atoms with Gasteiger partial charge in [-0.25, -0.2) is 0 Å². The first-order chi connectivity index (χ1) is 9.66. The molecule has 98 valence electrons. The van der Waals surface area contributed by atoms with Crippen molar-refractivity contribution in [2.45, 2.75) is 0 Å². The van der Waals surface area contributed by atoms with Gasteiger partial charge in [0.2, 0.25) is 0 Å². The van der Waals surface area contributed by atoms with E-state index in [1.165, 1.54) is 6.07 Å². The maximum Gasteiger partial charge on any atom is 0.193 e. The molecular weight excluding hydrogens is 252 g/mol. The van der Waals surface area contributed by atoms with E-state index >= 15 is 0 Å². The summed E-state index contributed by atoms with van der Waals surface area (Å²) in [7, 11) is 0. The van der Waals surface area contributed by atoms with E-state index in [4.69, 9.17) is 5.73 Å². The zero-order valence-electron chi connectivity index (χ0n) is 10.6. The Labute approximate surface area is 115 Å². The molecule has 20 heavy (non-hydrogen) atoms. The van der Waals surface area contributed by atoms with E-state index in [1.807, 2.05) is 0 Å². The lowest BCUT2D eigenvalue weighted by molar-refractivity contribution is 0.104. The van der Waals surface area contributed by atoms with Crippen LogP contribution >= 0.6 is 0 Å². The van der Waals surface area contributed by atoms with Crippen LogP contribution in [0.3, 0.4) is 0 Å². The minimum atomic E-state index is -0.143. The van der Waals surface area contributed by atoms with Crippen molar-refractivity contribution in [3.63, 3.8) is 0 Å². The van der Waals surface area contributed by atoms with Gasteiger partial charge < -0.3 is 10.8 Å². The number of carbonyl (C=O) groups excluding carboxylic acids is 1. The number of ketones is 1. The van der Waals surface area contributed by atoms with Gasteiger partial charge in [0.25, 0.3) is 0 Å². The van der Waals surface area contributed by atoms with Gasteiger partial charge in [-0.2, -0.15) is 0 Å². The lowest BCUT2D eigenvalue weighted by Crippen LogP contribution is -2.03. The molecule has 1 aromatic heterocycles. The number of carbonyl (C=O) groups is 1. The zero-order chi connectivity index (χ0) is 14.1. The van der Waals surface area contributed by atoms with E-state index in [1.54, 1.807) is 48.7 Å². The Morgan fingerprint density at radius 3 is 2.75 bits per heavy atom. The highest BCUT2D eigenvalue weighted by Gasteiger charge is 2.14. The SMILES string of the molecule is Nc1cccc(C(=O)c2ccc(O)c3ncccc23)c1. The van der Waals surface area contributed by atoms with Crippen molar-refractivity contribution >= 4 is 22.4 Å². The van der Waals surface area contributed by atoms with Gasteiger partial charge in [-0.15, -0.1) is 0 Å². The van der Waals surface area contributed by atoms with Gasteiger partial charge in [-0.3, -0.25) is 9.78 Å². The maximum absolute atomic E-state index is 12.6. The van der Waals surface area contributed by atoms with Crippen LogP contribution in [0.1, 0.15) is 15.9 Å². The predicted octanol–water partition coefficient (Wildman–Crippen LogP) is 2.75. The number of nitrogen functional groups attached to an aromatic ring is 1. The summed E-state index contributed by atoms with van der Waals surface area (Å²) in [5.41, 5.74) is 7.68. The van der Waals surface area contributed by atoms with Crippen LogP contribution in [0.15, 0.2) is 54.7 Å². The van der Waals surface area contributed by atoms with E-state index in [9.17, 15) is 9.90 Å². The number of benzene rings is 2. The van der Waals surface area contributed by atoms with Crippen LogP contribution in [0.5, 0.6) is 5.75 Å². The number of phenolic OH excluding ortho intramolecular Hbond substituents is 1. The van der Waals surface area contributed by atoms with E-state index in [-0.39, 0.29) is 11.5 Å². The number of fused-ring (bicyclic) bond motifs is 1. The van der Waals surface area contributed by atoms with Crippen molar-refractivity contribution in [2.24, 2.45) is 0 Å². The van der Waals surface area contributed by atoms with Gasteiger partial charge in [0.05, 0.1) is 0 Å². The third-order valence-corrected chi connectivity index (χ3v) is 3.14. The lowest BCUT2D eigenvalue weighted by atomic mass is 9.98. The monoisotopic (exact) mass is 264 g/mol. The van der Waals surface area contributed by atoms with Crippen molar-refractivity contribution in [2.75, 3.05) is 5.73 Å². The summed E-state index contributed by atoms with van der Waals surface area (Å²) in [5, 5.41) is 10.4. The average molecular weight is 264 g/mol. The second-order valence-electron chi connectivity index (χ2n) is 4.49. The zero-order valence-corrected chi connectivity index (χ0v) is 10.6. The molecule has 3 aromatic rings. The quantitative estimate of drug-likeness (QED) is 0.551. The van der Waals surface area contributed by atoms with Gasteiger partial charge in [0.1, 0.15) is 11.3 Å². The van der Waals surface area contributed by atoms with Crippen LogP contribution in [0.2, 0.25) is 0 Å². The molecule has 0 aliphatic rings. The number of aromatic nitrogens is 1. The molecule has 0 bridgehead atoms. The lowest BCUT2D eigenvalue weighted by Gasteiger charge is -2.07. The molecule has 3 rings (SSSR count). The maximum atomic E-state index is 12.6. The summed E-state index contributed by atoms with van der Waals surface area (Å²) in [6.45, 7) is 0. The second-order valence-corrected chi connectivity index (χ2v) is 4.49. The highest BCUT2D eigenvalue weighted by molar-refractivity contribution is 6.16. The first-order valence-electron chi connectivity index (χ1n) is 6.14. The summed E-state index contributed by atoms with van der Waals surface area (Å²) in [4.78, 5) is 16.7. The number of nitrogens with zero attached hydrogens (tertiary/aromatic N) is 1. The summed E-state index contributed by atoms with van der Waals surface area (Å²) >= 11 is 0. The van der Waals surface area contributed by atoms with E-state index < -0.39 is 0 Å². The Balaban J connectivity index is 2.20. The molecule has 0 atom stereocenters. The summed E-state index contributed by atoms with van der Waals surface area (Å²) < 4.78 is 0. The van der Waals surface area contributed by atoms with Crippen LogP contribution < -0.4 is 5.73 Å². The largest absolute Gasteiger partial charge is 0.506 e. The molecule has 3 N–H and O–H groups in total. The fourth-order valence-electron chi connectivity index (χ4n) is 2.19. The number of nitrogens with two attached hydrogens (primary N) is 1. The number of phenols is 1. The van der Waals surface area contributed by atoms with Crippen molar-refractivity contribution < 1.29 is 9.90 Å². The first-order valence-corrected chi connectivity index (χ1v) is 6.14. The molecule has 0 spiro atoms. The standard InChI is InChI=1S/C16H12N2O2/c17-11-4-1-3-10(9-11)16(20)13-6-7-14(19)15-12(13)5-2-8-18-15/h1-9,19H,17H2. The predicted molar refractivity (Wildman–Crippen MR) is 77.7 cm³/mol. The molecule has 0 radical (unpaired) electrons. The number of hydrogen-bond donors (Lipinski definition) is 2. The average Bonchev–Trinajstić information content (AvgIpc) is 2.47. The van der Waals surface area contributed by atoms with Gasteiger partial charge in [0, 0.05) is 28.4 Å². The normalized spacial score (nSPS) is 10.6. The third-order valence-electron chi connectivity index (χ3n) is 3.14. The van der Waals surface area contributed by atoms with Crippen LogP contribution in [-0.2, 0) is 0 Å². The number of aromatic hydroxyl groups is 1. The molecule has 0 unspecified atom stereocenters. The van der Waals surface area contributed by atoms with Gasteiger partial charge in [-0.1, -0.05) is 18.2 Å². The second kappa shape index (κ2) is 4.66. The van der Waals surface area contributed by atoms with Gasteiger partial charge in [-0.05, 0) is 30.3 Å². The highest BCUT2D eigenvalue weighted by Crippen LogP contribution is 2.27. The topological polar surface area (TPSA) is 76.2 Å². The van der Waals surface area contributed by atoms with E-state index in [2.05, 4.69) is 4.98 Å². The minimum absolute atomic E-state index is 0.0599. The van der Waals surface area contributed by atoms with Crippen molar-refractivity contribution in [1.29, 1.82) is 0 Å². The summed E-state index contributed by atoms with van der Waals surface area (Å²) in [5.74, 6) is -0.0833. The number of pyridine rings is 1. The highest BCUT2D eigenvalue weighted by atomic mass is 16.3. The van der Waals surface area contributed by atoms with Crippen LogP contribution in [0, 0.1) is 0 Å². The Kier molecular flexibility index (Phi) is 2.84. The van der Waals surface area contributed by atoms with E-state index in [0.717, 1.165) is 0 Å². The third kappa shape index (κ3) is 1.97. The van der Waals surface area contributed by atoms with Crippen molar-refractivity contribution in [3.8, 4) is 5.75 Å². The minimum Gasteiger partial charge on any atom is -0.506 e. The first kappa shape index (κ1) is 12.2. The number of hydrogen-bond acceptors (Lipinski definition) is 4. The summed E-state index contributed by atoms with van der Waals surface area (Å²) in [6, 6.07) is 13.4. The molecule has 0 fully saturated rings. The smallest absolute Gasteiger partial charge is 0.193 e. The fraction of sp³-hybridized carbons (Fsp3) is 0. The Morgan fingerprint density at radius 2 is 1.95 bits per heavy atom. The molecule has 4 heteroatoms. The van der Waals surface area contributed by atoms with Crippen LogP contribution in [0.25, 0.3) is 10.9 Å². The van der Waals surface area contributed by atoms with Crippen LogP contribution in [0.4, 0.5) is 5.69 Å². The van der Waals surface area contributed by atoms with E-state index in [0.29, 0.717) is 27.7 Å². The number of rotatable bonds is 2. The molecule has 0 aliphatic heterocycles. The van der Waals surface area contributed by atoms with Crippen LogP contribution in [-0.4, -0.2) is 15.9 Å². The molecule has 4 nitrogen and oxygen atoms in total. The molecule has 1 heterocycles. The van der Waals surface area contributed by atoms with Crippen molar-refractivity contribution in [1.82, 2.24) is 4.98 Å². The van der Waals surface area contributed by atoms with Gasteiger partial charge >= 0.3 is 0 Å². The Morgan fingerprint density at radius 1 is 1.10 bits per heavy atom. The molecule has 0 aliphatic carbocycles.